The Morgan fingerprint density at radius 3 is 2.71 bits per heavy atom. The van der Waals surface area contributed by atoms with E-state index in [-0.39, 0.29) is 0 Å². The Balaban J connectivity index is 1.36. The molecule has 0 radical (unpaired) electrons. The lowest BCUT2D eigenvalue weighted by Crippen LogP contribution is -2.33. The molecule has 28 heavy (non-hydrogen) atoms. The highest BCUT2D eigenvalue weighted by Crippen LogP contribution is 2.31. The standard InChI is InChI=1S/C23H27N5/c1-17-25-20-10-6-5-9-19(20)23(26-17)27-14-12-22-21(15-27)24-16-28(22)13-11-18-7-3-2-4-8-18/h2-4,7-8,16H,5-6,9-15H2,1H3. The predicted molar refractivity (Wildman–Crippen MR) is 111 cm³/mol. The number of fused-ring (bicyclic) bond motifs is 2. The molecule has 5 nitrogen and oxygen atoms in total. The molecule has 0 fully saturated rings. The molecule has 3 aromatic rings. The molecule has 2 aromatic heterocycles. The summed E-state index contributed by atoms with van der Waals surface area (Å²) in [4.78, 5) is 16.7. The second kappa shape index (κ2) is 7.38. The molecule has 0 bridgehead atoms. The number of nitrogens with zero attached hydrogens (tertiary/aromatic N) is 5. The first-order valence-electron chi connectivity index (χ1n) is 10.5. The highest BCUT2D eigenvalue weighted by molar-refractivity contribution is 5.51. The fourth-order valence-corrected chi connectivity index (χ4v) is 4.59. The Kier molecular flexibility index (Phi) is 4.59. The molecule has 0 spiro atoms. The van der Waals surface area contributed by atoms with Gasteiger partial charge in [0.15, 0.2) is 0 Å². The van der Waals surface area contributed by atoms with Gasteiger partial charge in [0.25, 0.3) is 0 Å². The summed E-state index contributed by atoms with van der Waals surface area (Å²) in [5.41, 5.74) is 6.63. The van der Waals surface area contributed by atoms with Gasteiger partial charge in [0.05, 0.1) is 18.6 Å². The molecule has 0 unspecified atom stereocenters. The number of benzene rings is 1. The summed E-state index contributed by atoms with van der Waals surface area (Å²) in [5.74, 6) is 2.06. The zero-order valence-corrected chi connectivity index (χ0v) is 16.6. The molecule has 0 saturated carbocycles. The van der Waals surface area contributed by atoms with Crippen molar-refractivity contribution in [3.63, 3.8) is 0 Å². The van der Waals surface area contributed by atoms with Gasteiger partial charge in [0.2, 0.25) is 0 Å². The predicted octanol–water partition coefficient (Wildman–Crippen LogP) is 3.67. The van der Waals surface area contributed by atoms with E-state index < -0.39 is 0 Å². The minimum atomic E-state index is 0.858. The first-order valence-corrected chi connectivity index (χ1v) is 10.5. The SMILES string of the molecule is Cc1nc2c(c(N3CCc4c(ncn4CCc4ccccc4)C3)n1)CCCC2. The van der Waals surface area contributed by atoms with Crippen LogP contribution in [0.3, 0.4) is 0 Å². The van der Waals surface area contributed by atoms with Crippen molar-refractivity contribution in [1.82, 2.24) is 19.5 Å². The van der Waals surface area contributed by atoms with E-state index in [1.54, 1.807) is 0 Å². The van der Waals surface area contributed by atoms with Crippen molar-refractivity contribution in [2.45, 2.75) is 58.5 Å². The zero-order valence-electron chi connectivity index (χ0n) is 16.6. The Hall–Kier alpha value is -2.69. The van der Waals surface area contributed by atoms with Crippen molar-refractivity contribution in [2.24, 2.45) is 0 Å². The van der Waals surface area contributed by atoms with E-state index in [1.165, 1.54) is 41.1 Å². The second-order valence-electron chi connectivity index (χ2n) is 7.97. The number of anilines is 1. The van der Waals surface area contributed by atoms with Crippen LogP contribution in [0, 0.1) is 6.92 Å². The van der Waals surface area contributed by atoms with E-state index in [4.69, 9.17) is 15.0 Å². The van der Waals surface area contributed by atoms with Crippen LogP contribution in [-0.2, 0) is 38.8 Å². The van der Waals surface area contributed by atoms with E-state index in [9.17, 15) is 0 Å². The van der Waals surface area contributed by atoms with Gasteiger partial charge in [-0.3, -0.25) is 0 Å². The molecule has 0 saturated heterocycles. The Morgan fingerprint density at radius 2 is 1.82 bits per heavy atom. The minimum Gasteiger partial charge on any atom is -0.350 e. The molecule has 2 aliphatic rings. The maximum atomic E-state index is 4.85. The van der Waals surface area contributed by atoms with Crippen molar-refractivity contribution < 1.29 is 0 Å². The smallest absolute Gasteiger partial charge is 0.136 e. The van der Waals surface area contributed by atoms with Crippen LogP contribution in [0.25, 0.3) is 0 Å². The van der Waals surface area contributed by atoms with E-state index in [0.717, 1.165) is 57.0 Å². The van der Waals surface area contributed by atoms with Crippen molar-refractivity contribution in [2.75, 3.05) is 11.4 Å². The lowest BCUT2D eigenvalue weighted by atomic mass is 9.95. The number of aryl methyl sites for hydroxylation is 4. The van der Waals surface area contributed by atoms with Gasteiger partial charge in [-0.2, -0.15) is 0 Å². The van der Waals surface area contributed by atoms with Gasteiger partial charge >= 0.3 is 0 Å². The maximum Gasteiger partial charge on any atom is 0.136 e. The minimum absolute atomic E-state index is 0.858. The Morgan fingerprint density at radius 1 is 0.964 bits per heavy atom. The molecule has 0 N–H and O–H groups in total. The Bertz CT molecular complexity index is 976. The third kappa shape index (κ3) is 3.30. The van der Waals surface area contributed by atoms with Crippen LogP contribution < -0.4 is 4.90 Å². The van der Waals surface area contributed by atoms with Crippen LogP contribution >= 0.6 is 0 Å². The number of aromatic nitrogens is 4. The number of hydrogen-bond donors (Lipinski definition) is 0. The summed E-state index contributed by atoms with van der Waals surface area (Å²) < 4.78 is 2.35. The molecular formula is C23H27N5. The maximum absolute atomic E-state index is 4.85. The van der Waals surface area contributed by atoms with Gasteiger partial charge in [-0.05, 0) is 44.6 Å². The van der Waals surface area contributed by atoms with Crippen molar-refractivity contribution in [1.29, 1.82) is 0 Å². The summed E-state index contributed by atoms with van der Waals surface area (Å²) >= 11 is 0. The van der Waals surface area contributed by atoms with Gasteiger partial charge in [0, 0.05) is 36.5 Å². The monoisotopic (exact) mass is 373 g/mol. The summed E-state index contributed by atoms with van der Waals surface area (Å²) in [6.45, 7) is 4.88. The van der Waals surface area contributed by atoms with Crippen LogP contribution in [0.4, 0.5) is 5.82 Å². The average molecular weight is 374 g/mol. The molecule has 5 rings (SSSR count). The first-order chi connectivity index (χ1) is 13.8. The van der Waals surface area contributed by atoms with Gasteiger partial charge < -0.3 is 9.47 Å². The number of rotatable bonds is 4. The van der Waals surface area contributed by atoms with E-state index in [2.05, 4.69) is 39.8 Å². The summed E-state index contributed by atoms with van der Waals surface area (Å²) in [7, 11) is 0. The first kappa shape index (κ1) is 17.4. The molecular weight excluding hydrogens is 346 g/mol. The zero-order chi connectivity index (χ0) is 18.9. The fourth-order valence-electron chi connectivity index (χ4n) is 4.59. The molecule has 0 atom stereocenters. The molecule has 1 aliphatic heterocycles. The lowest BCUT2D eigenvalue weighted by Gasteiger charge is -2.31. The fraction of sp³-hybridized carbons (Fsp3) is 0.435. The quantitative estimate of drug-likeness (QED) is 0.700. The highest BCUT2D eigenvalue weighted by Gasteiger charge is 2.26. The molecule has 5 heteroatoms. The van der Waals surface area contributed by atoms with Gasteiger partial charge in [-0.1, -0.05) is 30.3 Å². The third-order valence-corrected chi connectivity index (χ3v) is 6.05. The molecule has 1 aromatic carbocycles. The van der Waals surface area contributed by atoms with Crippen LogP contribution in [0.1, 0.15) is 46.9 Å². The van der Waals surface area contributed by atoms with Gasteiger partial charge in [-0.25, -0.2) is 15.0 Å². The summed E-state index contributed by atoms with van der Waals surface area (Å²) in [6, 6.07) is 10.7. The van der Waals surface area contributed by atoms with Crippen LogP contribution in [0.2, 0.25) is 0 Å². The van der Waals surface area contributed by atoms with E-state index >= 15 is 0 Å². The van der Waals surface area contributed by atoms with Crippen molar-refractivity contribution in [3.05, 3.63) is 70.7 Å². The van der Waals surface area contributed by atoms with Gasteiger partial charge in [-0.15, -0.1) is 0 Å². The normalized spacial score (nSPS) is 16.0. The topological polar surface area (TPSA) is 46.8 Å². The van der Waals surface area contributed by atoms with E-state index in [0.29, 0.717) is 0 Å². The third-order valence-electron chi connectivity index (χ3n) is 6.05. The molecule has 1 aliphatic carbocycles. The van der Waals surface area contributed by atoms with Gasteiger partial charge in [0.1, 0.15) is 11.6 Å². The largest absolute Gasteiger partial charge is 0.350 e. The molecule has 144 valence electrons. The van der Waals surface area contributed by atoms with E-state index in [1.807, 2.05) is 13.3 Å². The average Bonchev–Trinajstić information content (AvgIpc) is 3.14. The number of hydrogen-bond acceptors (Lipinski definition) is 4. The van der Waals surface area contributed by atoms with Crippen molar-refractivity contribution in [3.8, 4) is 0 Å². The number of imidazole rings is 1. The Labute approximate surface area is 166 Å². The summed E-state index contributed by atoms with van der Waals surface area (Å²) in [5, 5.41) is 0. The summed E-state index contributed by atoms with van der Waals surface area (Å²) in [6.07, 6.45) is 8.81. The molecule has 0 amide bonds. The van der Waals surface area contributed by atoms with Crippen LogP contribution in [-0.4, -0.2) is 26.1 Å². The molecule has 3 heterocycles. The van der Waals surface area contributed by atoms with Crippen LogP contribution in [0.5, 0.6) is 0 Å². The lowest BCUT2D eigenvalue weighted by molar-refractivity contribution is 0.611. The highest BCUT2D eigenvalue weighted by atomic mass is 15.2. The van der Waals surface area contributed by atoms with Crippen molar-refractivity contribution >= 4 is 5.82 Å². The second-order valence-corrected chi connectivity index (χ2v) is 7.97. The van der Waals surface area contributed by atoms with Crippen LogP contribution in [0.15, 0.2) is 36.7 Å².